The van der Waals surface area contributed by atoms with Crippen molar-refractivity contribution in [3.63, 3.8) is 0 Å². The van der Waals surface area contributed by atoms with Crippen LogP contribution in [0.2, 0.25) is 10.0 Å². The minimum absolute atomic E-state index is 0. The number of halogens is 3. The molecule has 0 fully saturated rings. The van der Waals surface area contributed by atoms with Gasteiger partial charge in [0.05, 0.1) is 22.3 Å². The first-order chi connectivity index (χ1) is 11.3. The number of nitrogens with zero attached hydrogens (tertiary/aromatic N) is 3. The second kappa shape index (κ2) is 9.64. The Hall–Kier alpha value is -0.990. The molecule has 0 atom stereocenters. The molecule has 0 aliphatic rings. The maximum Gasteiger partial charge on any atom is 0.191 e. The first kappa shape index (κ1) is 22.1. The van der Waals surface area contributed by atoms with E-state index in [4.69, 9.17) is 23.2 Å². The molecule has 2 rings (SSSR count). The van der Waals surface area contributed by atoms with Crippen LogP contribution in [0.4, 0.5) is 0 Å². The fourth-order valence-corrected chi connectivity index (χ4v) is 2.59. The number of aromatic nitrogens is 2. The lowest BCUT2D eigenvalue weighted by atomic mass is 9.84. The third kappa shape index (κ3) is 6.04. The lowest BCUT2D eigenvalue weighted by Crippen LogP contribution is -2.43. The van der Waals surface area contributed by atoms with E-state index >= 15 is 0 Å². The lowest BCUT2D eigenvalue weighted by Gasteiger charge is -2.27. The molecule has 138 valence electrons. The summed E-state index contributed by atoms with van der Waals surface area (Å²) in [5, 5.41) is 11.9. The number of hydrogen-bond donors (Lipinski definition) is 2. The normalized spacial score (nSPS) is 11.8. The third-order valence-corrected chi connectivity index (χ3v) is 4.72. The van der Waals surface area contributed by atoms with Crippen molar-refractivity contribution in [2.75, 3.05) is 13.6 Å². The van der Waals surface area contributed by atoms with E-state index in [9.17, 15) is 0 Å². The van der Waals surface area contributed by atoms with E-state index in [1.165, 1.54) is 0 Å². The predicted molar refractivity (Wildman–Crippen MR) is 116 cm³/mol. The summed E-state index contributed by atoms with van der Waals surface area (Å²) in [6, 6.07) is 7.72. The molecule has 0 saturated carbocycles. The average Bonchev–Trinajstić information content (AvgIpc) is 2.95. The lowest BCUT2D eigenvalue weighted by molar-refractivity contribution is 0.508. The standard InChI is InChI=1S/C17H23Cl2N5.HI/c1-17(2,12-5-6-14(18)15(19)9-12)11-22-16(20-3)21-10-13-7-8-23-24(13)4;/h5-9H,10-11H2,1-4H3,(H2,20,21,22);1H. The molecule has 5 nitrogen and oxygen atoms in total. The molecular weight excluding hydrogens is 472 g/mol. The van der Waals surface area contributed by atoms with Crippen LogP contribution in [0.25, 0.3) is 0 Å². The molecule has 1 aromatic heterocycles. The number of aliphatic imine (C=N–C) groups is 1. The molecule has 0 aliphatic heterocycles. The van der Waals surface area contributed by atoms with Crippen LogP contribution in [-0.2, 0) is 19.0 Å². The van der Waals surface area contributed by atoms with Crippen LogP contribution in [0.3, 0.4) is 0 Å². The van der Waals surface area contributed by atoms with Crippen LogP contribution in [0.1, 0.15) is 25.1 Å². The molecule has 2 N–H and O–H groups in total. The minimum Gasteiger partial charge on any atom is -0.356 e. The maximum absolute atomic E-state index is 6.13. The summed E-state index contributed by atoms with van der Waals surface area (Å²) >= 11 is 12.1. The molecule has 0 spiro atoms. The van der Waals surface area contributed by atoms with Crippen molar-refractivity contribution in [1.82, 2.24) is 20.4 Å². The SMILES string of the molecule is CN=C(NCc1ccnn1C)NCC(C)(C)c1ccc(Cl)c(Cl)c1.I. The van der Waals surface area contributed by atoms with Crippen LogP contribution >= 0.6 is 47.2 Å². The Balaban J connectivity index is 0.00000312. The highest BCUT2D eigenvalue weighted by molar-refractivity contribution is 14.0. The van der Waals surface area contributed by atoms with Crippen LogP contribution in [0, 0.1) is 0 Å². The first-order valence-corrected chi connectivity index (χ1v) is 8.46. The van der Waals surface area contributed by atoms with Gasteiger partial charge in [0.2, 0.25) is 0 Å². The van der Waals surface area contributed by atoms with Gasteiger partial charge in [-0.25, -0.2) is 0 Å². The van der Waals surface area contributed by atoms with Gasteiger partial charge in [-0.2, -0.15) is 5.10 Å². The quantitative estimate of drug-likeness (QED) is 0.374. The summed E-state index contributed by atoms with van der Waals surface area (Å²) in [6.07, 6.45) is 1.78. The first-order valence-electron chi connectivity index (χ1n) is 7.70. The van der Waals surface area contributed by atoms with Crippen molar-refractivity contribution in [3.05, 3.63) is 51.8 Å². The fourth-order valence-electron chi connectivity index (χ4n) is 2.29. The molecule has 25 heavy (non-hydrogen) atoms. The third-order valence-electron chi connectivity index (χ3n) is 3.98. The zero-order chi connectivity index (χ0) is 17.7. The van der Waals surface area contributed by atoms with E-state index in [1.54, 1.807) is 13.2 Å². The van der Waals surface area contributed by atoms with Gasteiger partial charge in [0.25, 0.3) is 0 Å². The molecule has 0 radical (unpaired) electrons. The molecule has 8 heteroatoms. The van der Waals surface area contributed by atoms with Crippen LogP contribution in [0.15, 0.2) is 35.5 Å². The molecule has 1 heterocycles. The monoisotopic (exact) mass is 495 g/mol. The summed E-state index contributed by atoms with van der Waals surface area (Å²) in [5.74, 6) is 0.740. The van der Waals surface area contributed by atoms with Gasteiger partial charge < -0.3 is 10.6 Å². The summed E-state index contributed by atoms with van der Waals surface area (Å²) in [6.45, 7) is 5.65. The second-order valence-corrected chi connectivity index (χ2v) is 7.05. The topological polar surface area (TPSA) is 54.2 Å². The zero-order valence-corrected chi connectivity index (χ0v) is 18.6. The number of aryl methyl sites for hydroxylation is 1. The minimum atomic E-state index is -0.127. The van der Waals surface area contributed by atoms with E-state index in [0.717, 1.165) is 17.2 Å². The summed E-state index contributed by atoms with van der Waals surface area (Å²) < 4.78 is 1.83. The smallest absolute Gasteiger partial charge is 0.191 e. The Labute approximate surface area is 176 Å². The zero-order valence-electron chi connectivity index (χ0n) is 14.8. The molecule has 2 aromatic rings. The van der Waals surface area contributed by atoms with E-state index < -0.39 is 0 Å². The maximum atomic E-state index is 6.13. The fraction of sp³-hybridized carbons (Fsp3) is 0.412. The molecule has 0 aliphatic carbocycles. The highest BCUT2D eigenvalue weighted by Gasteiger charge is 2.22. The summed E-state index contributed by atoms with van der Waals surface area (Å²) in [4.78, 5) is 4.26. The van der Waals surface area contributed by atoms with E-state index in [-0.39, 0.29) is 29.4 Å². The Kier molecular flexibility index (Phi) is 8.50. The number of hydrogen-bond acceptors (Lipinski definition) is 2. The average molecular weight is 496 g/mol. The van der Waals surface area contributed by atoms with E-state index in [2.05, 4.69) is 34.6 Å². The van der Waals surface area contributed by atoms with Crippen molar-refractivity contribution in [2.45, 2.75) is 25.8 Å². The van der Waals surface area contributed by atoms with Crippen molar-refractivity contribution >= 4 is 53.1 Å². The highest BCUT2D eigenvalue weighted by atomic mass is 127. The van der Waals surface area contributed by atoms with Crippen molar-refractivity contribution < 1.29 is 0 Å². The number of nitrogens with one attached hydrogen (secondary N) is 2. The van der Waals surface area contributed by atoms with Gasteiger partial charge in [0.1, 0.15) is 0 Å². The Morgan fingerprint density at radius 3 is 2.48 bits per heavy atom. The van der Waals surface area contributed by atoms with Crippen LogP contribution in [0.5, 0.6) is 0 Å². The van der Waals surface area contributed by atoms with Gasteiger partial charge in [-0.05, 0) is 23.8 Å². The second-order valence-electron chi connectivity index (χ2n) is 6.24. The Morgan fingerprint density at radius 1 is 1.20 bits per heavy atom. The molecule has 0 amide bonds. The molecular formula is C17H24Cl2IN5. The van der Waals surface area contributed by atoms with Crippen molar-refractivity contribution in [2.24, 2.45) is 12.0 Å². The number of rotatable bonds is 5. The van der Waals surface area contributed by atoms with Crippen molar-refractivity contribution in [1.29, 1.82) is 0 Å². The van der Waals surface area contributed by atoms with Crippen LogP contribution < -0.4 is 10.6 Å². The van der Waals surface area contributed by atoms with E-state index in [1.807, 2.05) is 36.0 Å². The summed E-state index contributed by atoms with van der Waals surface area (Å²) in [5.41, 5.74) is 2.08. The van der Waals surface area contributed by atoms with Gasteiger partial charge >= 0.3 is 0 Å². The molecule has 0 unspecified atom stereocenters. The van der Waals surface area contributed by atoms with Crippen molar-refractivity contribution in [3.8, 4) is 0 Å². The highest BCUT2D eigenvalue weighted by Crippen LogP contribution is 2.29. The molecule has 0 bridgehead atoms. The van der Waals surface area contributed by atoms with Gasteiger partial charge in [-0.1, -0.05) is 43.1 Å². The van der Waals surface area contributed by atoms with Gasteiger partial charge in [0, 0.05) is 32.3 Å². The van der Waals surface area contributed by atoms with E-state index in [0.29, 0.717) is 23.1 Å². The number of guanidine groups is 1. The van der Waals surface area contributed by atoms with Crippen LogP contribution in [-0.4, -0.2) is 29.3 Å². The Bertz CT molecular complexity index is 728. The summed E-state index contributed by atoms with van der Waals surface area (Å²) in [7, 11) is 3.67. The predicted octanol–water partition coefficient (Wildman–Crippen LogP) is 3.99. The van der Waals surface area contributed by atoms with Gasteiger partial charge in [0.15, 0.2) is 5.96 Å². The molecule has 0 saturated heterocycles. The van der Waals surface area contributed by atoms with Gasteiger partial charge in [-0.3, -0.25) is 9.67 Å². The largest absolute Gasteiger partial charge is 0.356 e. The Morgan fingerprint density at radius 2 is 1.92 bits per heavy atom. The molecule has 1 aromatic carbocycles. The van der Waals surface area contributed by atoms with Gasteiger partial charge in [-0.15, -0.1) is 24.0 Å². The number of benzene rings is 1.